The van der Waals surface area contributed by atoms with Gasteiger partial charge in [0.2, 0.25) is 0 Å². The third-order valence-corrected chi connectivity index (χ3v) is 4.32. The predicted molar refractivity (Wildman–Crippen MR) is 86.9 cm³/mol. The zero-order chi connectivity index (χ0) is 17.6. The molecule has 0 unspecified atom stereocenters. The summed E-state index contributed by atoms with van der Waals surface area (Å²) in [6, 6.07) is 1.32. The summed E-state index contributed by atoms with van der Waals surface area (Å²) in [7, 11) is 0. The zero-order valence-electron chi connectivity index (χ0n) is 13.4. The van der Waals surface area contributed by atoms with Crippen molar-refractivity contribution in [3.05, 3.63) is 46.3 Å². The van der Waals surface area contributed by atoms with Crippen LogP contribution in [0.5, 0.6) is 0 Å². The van der Waals surface area contributed by atoms with Crippen molar-refractivity contribution in [2.24, 2.45) is 5.92 Å². The number of alkyl halides is 1. The molecule has 1 aliphatic heterocycles. The van der Waals surface area contributed by atoms with Crippen molar-refractivity contribution in [2.75, 3.05) is 19.8 Å². The molecule has 0 radical (unpaired) electrons. The second-order valence-corrected chi connectivity index (χ2v) is 6.02. The van der Waals surface area contributed by atoms with Crippen molar-refractivity contribution in [1.29, 1.82) is 0 Å². The number of carbonyl (C=O) groups excluding carboxylic acids is 1. The highest BCUT2D eigenvalue weighted by Gasteiger charge is 2.35. The predicted octanol–water partition coefficient (Wildman–Crippen LogP) is 0.830. The van der Waals surface area contributed by atoms with E-state index in [4.69, 9.17) is 0 Å². The molecular formula is C16H15FN6O2. The number of aromatic nitrogens is 5. The fourth-order valence-corrected chi connectivity index (χ4v) is 2.97. The lowest BCUT2D eigenvalue weighted by Crippen LogP contribution is -2.50. The smallest absolute Gasteiger partial charge is 0.274 e. The van der Waals surface area contributed by atoms with Crippen molar-refractivity contribution in [1.82, 2.24) is 29.5 Å². The van der Waals surface area contributed by atoms with Crippen LogP contribution in [0.1, 0.15) is 16.1 Å². The molecule has 9 heteroatoms. The van der Waals surface area contributed by atoms with Crippen molar-refractivity contribution < 1.29 is 9.18 Å². The fourth-order valence-electron chi connectivity index (χ4n) is 2.97. The van der Waals surface area contributed by atoms with Gasteiger partial charge in [0.1, 0.15) is 17.0 Å². The molecule has 4 heterocycles. The van der Waals surface area contributed by atoms with E-state index in [0.29, 0.717) is 35.8 Å². The molecule has 1 fully saturated rings. The van der Waals surface area contributed by atoms with Gasteiger partial charge < -0.3 is 9.88 Å². The molecule has 8 nitrogen and oxygen atoms in total. The number of halogens is 1. The second-order valence-electron chi connectivity index (χ2n) is 6.02. The minimum absolute atomic E-state index is 0.133. The maximum Gasteiger partial charge on any atom is 0.274 e. The van der Waals surface area contributed by atoms with E-state index in [1.54, 1.807) is 18.0 Å². The molecule has 128 valence electrons. The van der Waals surface area contributed by atoms with Gasteiger partial charge in [0.15, 0.2) is 5.65 Å². The van der Waals surface area contributed by atoms with Crippen molar-refractivity contribution in [2.45, 2.75) is 6.92 Å². The Balaban J connectivity index is 1.91. The molecule has 3 aromatic rings. The van der Waals surface area contributed by atoms with Gasteiger partial charge in [0.05, 0.1) is 12.4 Å². The van der Waals surface area contributed by atoms with Crippen LogP contribution in [0.3, 0.4) is 0 Å². The minimum atomic E-state index is -0.453. The standard InChI is InChI=1S/C16H15FN6O2/c1-9-13(19-5-4-18-9)14-12(16(25)22-7-10(6-17)8-22)15-20-3-2-11(24)23(15)21-14/h2-5,10,20H,6-8H2,1H3. The Hall–Kier alpha value is -3.10. The summed E-state index contributed by atoms with van der Waals surface area (Å²) in [5, 5.41) is 4.29. The van der Waals surface area contributed by atoms with E-state index < -0.39 is 6.67 Å². The number of aromatic amines is 1. The molecule has 1 aliphatic rings. The molecule has 25 heavy (non-hydrogen) atoms. The van der Waals surface area contributed by atoms with Gasteiger partial charge in [-0.25, -0.2) is 0 Å². The number of aryl methyl sites for hydroxylation is 1. The highest BCUT2D eigenvalue weighted by Crippen LogP contribution is 2.28. The van der Waals surface area contributed by atoms with Crippen molar-refractivity contribution in [3.63, 3.8) is 0 Å². The quantitative estimate of drug-likeness (QED) is 0.760. The normalized spacial score (nSPS) is 14.7. The van der Waals surface area contributed by atoms with Gasteiger partial charge in [-0.05, 0) is 6.92 Å². The SMILES string of the molecule is Cc1nccnc1-c1nn2c(=O)cc[nH]c2c1C(=O)N1CC(CF)C1. The number of rotatable bonds is 3. The largest absolute Gasteiger partial charge is 0.346 e. The first-order chi connectivity index (χ1) is 12.1. The number of hydrogen-bond donors (Lipinski definition) is 1. The summed E-state index contributed by atoms with van der Waals surface area (Å²) in [5.74, 6) is -0.437. The van der Waals surface area contributed by atoms with Gasteiger partial charge in [0.25, 0.3) is 11.5 Å². The monoisotopic (exact) mass is 342 g/mol. The van der Waals surface area contributed by atoms with E-state index >= 15 is 0 Å². The van der Waals surface area contributed by atoms with Crippen LogP contribution >= 0.6 is 0 Å². The van der Waals surface area contributed by atoms with Gasteiger partial charge in [-0.2, -0.15) is 9.61 Å². The number of nitrogens with one attached hydrogen (secondary N) is 1. The number of likely N-dealkylation sites (tertiary alicyclic amines) is 1. The molecule has 0 spiro atoms. The highest BCUT2D eigenvalue weighted by atomic mass is 19.1. The maximum atomic E-state index is 13.0. The first-order valence-electron chi connectivity index (χ1n) is 7.83. The minimum Gasteiger partial charge on any atom is -0.346 e. The van der Waals surface area contributed by atoms with Crippen LogP contribution in [-0.2, 0) is 0 Å². The summed E-state index contributed by atoms with van der Waals surface area (Å²) in [6.07, 6.45) is 4.51. The summed E-state index contributed by atoms with van der Waals surface area (Å²) in [5.41, 5.74) is 1.50. The van der Waals surface area contributed by atoms with Gasteiger partial charge >= 0.3 is 0 Å². The lowest BCUT2D eigenvalue weighted by Gasteiger charge is -2.37. The van der Waals surface area contributed by atoms with Crippen LogP contribution in [0.25, 0.3) is 17.0 Å². The maximum absolute atomic E-state index is 13.0. The second kappa shape index (κ2) is 5.76. The van der Waals surface area contributed by atoms with Crippen molar-refractivity contribution >= 4 is 11.6 Å². The van der Waals surface area contributed by atoms with E-state index in [9.17, 15) is 14.0 Å². The summed E-state index contributed by atoms with van der Waals surface area (Å²) in [4.78, 5) is 38.0. The third-order valence-electron chi connectivity index (χ3n) is 4.32. The molecule has 1 amide bonds. The molecule has 4 rings (SSSR count). The van der Waals surface area contributed by atoms with E-state index in [2.05, 4.69) is 20.1 Å². The van der Waals surface area contributed by atoms with E-state index in [1.807, 2.05) is 0 Å². The average molecular weight is 342 g/mol. The Labute approximate surface area is 141 Å². The number of nitrogens with zero attached hydrogens (tertiary/aromatic N) is 5. The Morgan fingerprint density at radius 1 is 1.32 bits per heavy atom. The molecule has 3 aromatic heterocycles. The van der Waals surface area contributed by atoms with Gasteiger partial charge in [0, 0.05) is 43.7 Å². The first kappa shape index (κ1) is 15.4. The summed E-state index contributed by atoms with van der Waals surface area (Å²) >= 11 is 0. The molecular weight excluding hydrogens is 327 g/mol. The van der Waals surface area contributed by atoms with Crippen LogP contribution in [-0.4, -0.2) is 55.1 Å². The molecule has 1 saturated heterocycles. The summed E-state index contributed by atoms with van der Waals surface area (Å²) < 4.78 is 13.8. The van der Waals surface area contributed by atoms with Crippen LogP contribution < -0.4 is 5.56 Å². The Morgan fingerprint density at radius 3 is 2.80 bits per heavy atom. The Kier molecular flexibility index (Phi) is 3.56. The van der Waals surface area contributed by atoms with Gasteiger partial charge in [-0.15, -0.1) is 0 Å². The fraction of sp³-hybridized carbons (Fsp3) is 0.312. The van der Waals surface area contributed by atoms with Crippen molar-refractivity contribution in [3.8, 4) is 11.4 Å². The van der Waals surface area contributed by atoms with Gasteiger partial charge in [-0.3, -0.25) is 23.9 Å². The topological polar surface area (TPSA) is 96.2 Å². The van der Waals surface area contributed by atoms with Crippen LogP contribution in [0, 0.1) is 12.8 Å². The van der Waals surface area contributed by atoms with E-state index in [-0.39, 0.29) is 22.9 Å². The van der Waals surface area contributed by atoms with Crippen LogP contribution in [0.4, 0.5) is 4.39 Å². The summed E-state index contributed by atoms with van der Waals surface area (Å²) in [6.45, 7) is 2.00. The lowest BCUT2D eigenvalue weighted by atomic mass is 10.00. The number of fused-ring (bicyclic) bond motifs is 1. The van der Waals surface area contributed by atoms with Crippen LogP contribution in [0.15, 0.2) is 29.5 Å². The molecule has 1 N–H and O–H groups in total. The number of amides is 1. The van der Waals surface area contributed by atoms with Gasteiger partial charge in [-0.1, -0.05) is 0 Å². The number of hydrogen-bond acceptors (Lipinski definition) is 5. The molecule has 0 aliphatic carbocycles. The van der Waals surface area contributed by atoms with Crippen LogP contribution in [0.2, 0.25) is 0 Å². The molecule has 0 bridgehead atoms. The molecule has 0 atom stereocenters. The Bertz CT molecular complexity index is 1020. The van der Waals surface area contributed by atoms with E-state index in [1.165, 1.54) is 18.5 Å². The highest BCUT2D eigenvalue weighted by molar-refractivity contribution is 6.05. The number of carbonyl (C=O) groups is 1. The Morgan fingerprint density at radius 2 is 2.08 bits per heavy atom. The number of H-pyrrole nitrogens is 1. The van der Waals surface area contributed by atoms with E-state index in [0.717, 1.165) is 4.52 Å². The lowest BCUT2D eigenvalue weighted by molar-refractivity contribution is 0.0455. The zero-order valence-corrected chi connectivity index (χ0v) is 13.4. The molecule has 0 aromatic carbocycles. The third kappa shape index (κ3) is 2.39. The first-order valence-corrected chi connectivity index (χ1v) is 7.83. The average Bonchev–Trinajstić information content (AvgIpc) is 2.95. The molecule has 0 saturated carbocycles.